The van der Waals surface area contributed by atoms with E-state index in [1.54, 1.807) is 13.8 Å². The maximum atomic E-state index is 11.8. The molecule has 0 saturated heterocycles. The Labute approximate surface area is 137 Å². The predicted octanol–water partition coefficient (Wildman–Crippen LogP) is 3.24. The number of aromatic nitrogens is 1. The zero-order valence-electron chi connectivity index (χ0n) is 14.1. The molecule has 1 aromatic carbocycles. The summed E-state index contributed by atoms with van der Waals surface area (Å²) in [5.74, 6) is 0. The number of para-hydroxylation sites is 1. The average molecular weight is 340 g/mol. The minimum Gasteiger partial charge on any atom is -0.323 e. The molecule has 0 fully saturated rings. The maximum absolute atomic E-state index is 11.8. The van der Waals surface area contributed by atoms with Gasteiger partial charge in [-0.1, -0.05) is 18.2 Å². The van der Waals surface area contributed by atoms with Gasteiger partial charge in [0.05, 0.1) is 11.6 Å². The van der Waals surface area contributed by atoms with Crippen molar-refractivity contribution < 1.29 is 18.5 Å². The summed E-state index contributed by atoms with van der Waals surface area (Å²) >= 11 is 0. The van der Waals surface area contributed by atoms with Crippen LogP contribution in [-0.4, -0.2) is 41.1 Å². The highest BCUT2D eigenvalue weighted by molar-refractivity contribution is 7.47. The van der Waals surface area contributed by atoms with Gasteiger partial charge in [0, 0.05) is 18.1 Å². The lowest BCUT2D eigenvalue weighted by molar-refractivity contribution is 0.0986. The Morgan fingerprint density at radius 3 is 2.65 bits per heavy atom. The first kappa shape index (κ1) is 18.2. The van der Waals surface area contributed by atoms with Crippen LogP contribution >= 0.6 is 7.82 Å². The van der Waals surface area contributed by atoms with E-state index in [4.69, 9.17) is 9.05 Å². The van der Waals surface area contributed by atoms with Gasteiger partial charge in [-0.3, -0.25) is 9.05 Å². The van der Waals surface area contributed by atoms with Gasteiger partial charge in [0.1, 0.15) is 6.73 Å². The van der Waals surface area contributed by atoms with Crippen molar-refractivity contribution in [2.75, 3.05) is 20.6 Å². The van der Waals surface area contributed by atoms with E-state index >= 15 is 0 Å². The van der Waals surface area contributed by atoms with Crippen LogP contribution in [0.1, 0.15) is 19.4 Å². The van der Waals surface area contributed by atoms with Gasteiger partial charge in [-0.2, -0.15) is 0 Å². The Balaban J connectivity index is 2.19. The molecule has 0 radical (unpaired) electrons. The molecule has 1 unspecified atom stereocenters. The maximum Gasteiger partial charge on any atom is 0.474 e. The highest BCUT2D eigenvalue weighted by Gasteiger charge is 2.23. The van der Waals surface area contributed by atoms with E-state index in [-0.39, 0.29) is 12.8 Å². The Hall–Kier alpha value is -1.17. The normalized spacial score (nSPS) is 14.7. The van der Waals surface area contributed by atoms with E-state index in [1.807, 2.05) is 43.1 Å². The fourth-order valence-electron chi connectivity index (χ4n) is 2.40. The molecule has 2 rings (SSSR count). The topological polar surface area (TPSA) is 63.9 Å². The molecule has 0 spiro atoms. The van der Waals surface area contributed by atoms with E-state index in [1.165, 1.54) is 5.56 Å². The lowest BCUT2D eigenvalue weighted by Gasteiger charge is -2.15. The van der Waals surface area contributed by atoms with Crippen molar-refractivity contribution in [1.29, 1.82) is 0 Å². The lowest BCUT2D eigenvalue weighted by Crippen LogP contribution is -2.14. The molecule has 6 nitrogen and oxygen atoms in total. The number of fused-ring (bicyclic) bond motifs is 1. The van der Waals surface area contributed by atoms with Gasteiger partial charge in [-0.25, -0.2) is 4.57 Å². The number of likely N-dealkylation sites (N-methyl/N-ethyl adjacent to an activating group) is 1. The first-order valence-electron chi connectivity index (χ1n) is 7.66. The predicted molar refractivity (Wildman–Crippen MR) is 91.3 cm³/mol. The van der Waals surface area contributed by atoms with Crippen molar-refractivity contribution in [3.63, 3.8) is 0 Å². The number of phosphoric acid groups is 1. The van der Waals surface area contributed by atoms with E-state index < -0.39 is 7.82 Å². The largest absolute Gasteiger partial charge is 0.474 e. The van der Waals surface area contributed by atoms with Gasteiger partial charge in [-0.15, -0.1) is 0 Å². The van der Waals surface area contributed by atoms with Crippen LogP contribution in [0.3, 0.4) is 0 Å². The van der Waals surface area contributed by atoms with Crippen molar-refractivity contribution in [1.82, 2.24) is 9.47 Å². The summed E-state index contributed by atoms with van der Waals surface area (Å²) in [7, 11) is 0.0276. The smallest absolute Gasteiger partial charge is 0.323 e. The van der Waals surface area contributed by atoms with Crippen molar-refractivity contribution in [3.8, 4) is 0 Å². The molecule has 7 heteroatoms. The number of rotatable bonds is 8. The van der Waals surface area contributed by atoms with Crippen LogP contribution in [0, 0.1) is 0 Å². The SMILES string of the molecule is CC(C)OP(=O)(O)OCn1cc(CCN(C)C)c2ccccc21. The third-order valence-electron chi connectivity index (χ3n) is 3.40. The second-order valence-electron chi connectivity index (χ2n) is 6.08. The van der Waals surface area contributed by atoms with Crippen molar-refractivity contribution in [2.24, 2.45) is 0 Å². The van der Waals surface area contributed by atoms with Crippen molar-refractivity contribution >= 4 is 18.7 Å². The molecule has 1 atom stereocenters. The van der Waals surface area contributed by atoms with Gasteiger partial charge in [0.25, 0.3) is 0 Å². The number of phosphoric ester groups is 1. The van der Waals surface area contributed by atoms with Crippen LogP contribution in [0.15, 0.2) is 30.5 Å². The highest BCUT2D eigenvalue weighted by atomic mass is 31.2. The quantitative estimate of drug-likeness (QED) is 0.748. The summed E-state index contributed by atoms with van der Waals surface area (Å²) < 4.78 is 23.7. The summed E-state index contributed by atoms with van der Waals surface area (Å²) in [6, 6.07) is 7.96. The molecular weight excluding hydrogens is 315 g/mol. The van der Waals surface area contributed by atoms with Gasteiger partial charge >= 0.3 is 7.82 Å². The van der Waals surface area contributed by atoms with Gasteiger partial charge < -0.3 is 14.4 Å². The second kappa shape index (κ2) is 7.60. The number of benzene rings is 1. The molecule has 0 aliphatic rings. The summed E-state index contributed by atoms with van der Waals surface area (Å²) in [5, 5.41) is 1.13. The first-order valence-corrected chi connectivity index (χ1v) is 9.15. The van der Waals surface area contributed by atoms with Gasteiger partial charge in [0.2, 0.25) is 0 Å². The molecule has 23 heavy (non-hydrogen) atoms. The Kier molecular flexibility index (Phi) is 6.00. The standard InChI is InChI=1S/C16H25N2O4P/c1-13(2)22-23(19,20)21-12-18-11-14(9-10-17(3)4)15-7-5-6-8-16(15)18/h5-8,11,13H,9-10,12H2,1-4H3,(H,19,20). The Bertz CT molecular complexity index is 696. The summed E-state index contributed by atoms with van der Waals surface area (Å²) in [5.41, 5.74) is 2.17. The molecule has 0 amide bonds. The first-order chi connectivity index (χ1) is 10.8. The van der Waals surface area contributed by atoms with E-state index in [0.29, 0.717) is 0 Å². The van der Waals surface area contributed by atoms with Crippen LogP contribution in [0.2, 0.25) is 0 Å². The zero-order valence-corrected chi connectivity index (χ0v) is 15.0. The van der Waals surface area contributed by atoms with Crippen LogP contribution in [0.4, 0.5) is 0 Å². The molecule has 0 saturated carbocycles. The fraction of sp³-hybridized carbons (Fsp3) is 0.500. The molecule has 0 aliphatic heterocycles. The summed E-state index contributed by atoms with van der Waals surface area (Å²) in [4.78, 5) is 11.8. The minimum atomic E-state index is -4.04. The second-order valence-corrected chi connectivity index (χ2v) is 7.48. The van der Waals surface area contributed by atoms with E-state index in [0.717, 1.165) is 23.9 Å². The molecule has 1 aromatic heterocycles. The Morgan fingerprint density at radius 2 is 2.00 bits per heavy atom. The monoisotopic (exact) mass is 340 g/mol. The highest BCUT2D eigenvalue weighted by Crippen LogP contribution is 2.45. The average Bonchev–Trinajstić information content (AvgIpc) is 2.80. The molecule has 0 aliphatic carbocycles. The fourth-order valence-corrected chi connectivity index (χ4v) is 3.27. The molecule has 0 bridgehead atoms. The van der Waals surface area contributed by atoms with Crippen LogP contribution in [0.25, 0.3) is 10.9 Å². The minimum absolute atomic E-state index is 0.0248. The zero-order chi connectivity index (χ0) is 17.0. The number of hydrogen-bond acceptors (Lipinski definition) is 4. The third-order valence-corrected chi connectivity index (χ3v) is 4.53. The van der Waals surface area contributed by atoms with Gasteiger partial charge in [0.15, 0.2) is 0 Å². The van der Waals surface area contributed by atoms with E-state index in [9.17, 15) is 9.46 Å². The van der Waals surface area contributed by atoms with E-state index in [2.05, 4.69) is 11.0 Å². The Morgan fingerprint density at radius 1 is 1.30 bits per heavy atom. The lowest BCUT2D eigenvalue weighted by atomic mass is 10.1. The molecular formula is C16H25N2O4P. The molecule has 128 valence electrons. The molecule has 1 N–H and O–H groups in total. The number of hydrogen-bond donors (Lipinski definition) is 1. The molecule has 2 aromatic rings. The number of nitrogens with zero attached hydrogens (tertiary/aromatic N) is 2. The third kappa shape index (κ3) is 5.16. The van der Waals surface area contributed by atoms with Crippen LogP contribution in [0.5, 0.6) is 0 Å². The van der Waals surface area contributed by atoms with Crippen molar-refractivity contribution in [2.45, 2.75) is 33.1 Å². The van der Waals surface area contributed by atoms with Crippen molar-refractivity contribution in [3.05, 3.63) is 36.0 Å². The van der Waals surface area contributed by atoms with Gasteiger partial charge in [-0.05, 0) is 46.0 Å². The summed E-state index contributed by atoms with van der Waals surface area (Å²) in [6.07, 6.45) is 2.51. The summed E-state index contributed by atoms with van der Waals surface area (Å²) in [6.45, 7) is 4.29. The van der Waals surface area contributed by atoms with Crippen LogP contribution in [-0.2, 0) is 26.8 Å². The molecule has 1 heterocycles. The van der Waals surface area contributed by atoms with Crippen LogP contribution < -0.4 is 0 Å².